The second-order valence-electron chi connectivity index (χ2n) is 4.77. The van der Waals surface area contributed by atoms with E-state index >= 15 is 0 Å². The van der Waals surface area contributed by atoms with Crippen LogP contribution in [0.5, 0.6) is 0 Å². The molecule has 4 heteroatoms. The Balaban J connectivity index is 1.88. The van der Waals surface area contributed by atoms with E-state index in [0.29, 0.717) is 12.5 Å². The molecule has 1 amide bonds. The van der Waals surface area contributed by atoms with Crippen molar-refractivity contribution in [2.45, 2.75) is 25.8 Å². The minimum Gasteiger partial charge on any atom is -0.337 e. The average molecular weight is 311 g/mol. The lowest BCUT2D eigenvalue weighted by Crippen LogP contribution is -2.52. The predicted molar refractivity (Wildman–Crippen MR) is 76.5 cm³/mol. The van der Waals surface area contributed by atoms with Crippen molar-refractivity contribution < 1.29 is 4.79 Å². The van der Waals surface area contributed by atoms with Gasteiger partial charge in [0.1, 0.15) is 0 Å². The minimum atomic E-state index is 0.268. The van der Waals surface area contributed by atoms with Gasteiger partial charge < -0.3 is 10.2 Å². The van der Waals surface area contributed by atoms with Crippen LogP contribution in [0.4, 0.5) is 0 Å². The zero-order chi connectivity index (χ0) is 13.0. The molecule has 18 heavy (non-hydrogen) atoms. The van der Waals surface area contributed by atoms with Gasteiger partial charge in [0.25, 0.3) is 0 Å². The number of carbonyl (C=O) groups is 1. The fraction of sp³-hybridized carbons (Fsp3) is 0.500. The van der Waals surface area contributed by atoms with Gasteiger partial charge in [-0.2, -0.15) is 0 Å². The molecular formula is C14H19BrN2O. The Bertz CT molecular complexity index is 422. The summed E-state index contributed by atoms with van der Waals surface area (Å²) in [4.78, 5) is 14.1. The number of amides is 1. The van der Waals surface area contributed by atoms with E-state index in [4.69, 9.17) is 0 Å². The number of rotatable bonds is 3. The first-order valence-electron chi connectivity index (χ1n) is 6.41. The van der Waals surface area contributed by atoms with Gasteiger partial charge in [0.2, 0.25) is 5.91 Å². The SMILES string of the molecule is C[C@H]1CNCCN1C(=O)CCc1cccc(Br)c1. The van der Waals surface area contributed by atoms with E-state index in [9.17, 15) is 4.79 Å². The molecule has 1 atom stereocenters. The summed E-state index contributed by atoms with van der Waals surface area (Å²) in [5, 5.41) is 3.30. The highest BCUT2D eigenvalue weighted by Gasteiger charge is 2.22. The Morgan fingerprint density at radius 2 is 2.39 bits per heavy atom. The standard InChI is InChI=1S/C14H19BrN2O/c1-11-10-16-7-8-17(11)14(18)6-5-12-3-2-4-13(15)9-12/h2-4,9,11,16H,5-8,10H2,1H3/t11-/m0/s1. The molecule has 1 aliphatic rings. The number of nitrogens with one attached hydrogen (secondary N) is 1. The monoisotopic (exact) mass is 310 g/mol. The summed E-state index contributed by atoms with van der Waals surface area (Å²) in [5.41, 5.74) is 1.21. The number of aryl methyl sites for hydroxylation is 1. The summed E-state index contributed by atoms with van der Waals surface area (Å²) >= 11 is 3.45. The van der Waals surface area contributed by atoms with Crippen LogP contribution in [0, 0.1) is 0 Å². The van der Waals surface area contributed by atoms with Crippen molar-refractivity contribution in [3.63, 3.8) is 0 Å². The Hall–Kier alpha value is -0.870. The van der Waals surface area contributed by atoms with Crippen molar-refractivity contribution in [3.05, 3.63) is 34.3 Å². The number of nitrogens with zero attached hydrogens (tertiary/aromatic N) is 1. The zero-order valence-electron chi connectivity index (χ0n) is 10.7. The Kier molecular flexibility index (Phi) is 4.78. The molecule has 1 aromatic carbocycles. The number of carbonyl (C=O) groups excluding carboxylic acids is 1. The number of hydrogen-bond donors (Lipinski definition) is 1. The van der Waals surface area contributed by atoms with Crippen LogP contribution < -0.4 is 5.32 Å². The first-order valence-corrected chi connectivity index (χ1v) is 7.21. The van der Waals surface area contributed by atoms with Crippen LogP contribution >= 0.6 is 15.9 Å². The molecule has 1 aliphatic heterocycles. The van der Waals surface area contributed by atoms with Crippen molar-refractivity contribution in [3.8, 4) is 0 Å². The Morgan fingerprint density at radius 3 is 3.11 bits per heavy atom. The zero-order valence-corrected chi connectivity index (χ0v) is 12.2. The van der Waals surface area contributed by atoms with Crippen molar-refractivity contribution in [1.82, 2.24) is 10.2 Å². The minimum absolute atomic E-state index is 0.268. The molecule has 98 valence electrons. The molecule has 0 saturated carbocycles. The molecule has 1 heterocycles. The summed E-state index contributed by atoms with van der Waals surface area (Å²) in [6.07, 6.45) is 1.41. The summed E-state index contributed by atoms with van der Waals surface area (Å²) in [7, 11) is 0. The highest BCUT2D eigenvalue weighted by atomic mass is 79.9. The van der Waals surface area contributed by atoms with E-state index in [1.165, 1.54) is 5.56 Å². The predicted octanol–water partition coefficient (Wildman–Crippen LogP) is 2.20. The quantitative estimate of drug-likeness (QED) is 0.928. The fourth-order valence-electron chi connectivity index (χ4n) is 2.30. The first-order chi connectivity index (χ1) is 8.66. The lowest BCUT2D eigenvalue weighted by atomic mass is 10.1. The van der Waals surface area contributed by atoms with Gasteiger partial charge in [-0.3, -0.25) is 4.79 Å². The van der Waals surface area contributed by atoms with E-state index in [1.807, 2.05) is 17.0 Å². The average Bonchev–Trinajstić information content (AvgIpc) is 2.37. The van der Waals surface area contributed by atoms with Crippen LogP contribution in [0.3, 0.4) is 0 Å². The summed E-state index contributed by atoms with van der Waals surface area (Å²) in [6.45, 7) is 4.75. The molecule has 1 saturated heterocycles. The van der Waals surface area contributed by atoms with Gasteiger partial charge in [-0.1, -0.05) is 28.1 Å². The van der Waals surface area contributed by atoms with Gasteiger partial charge in [-0.15, -0.1) is 0 Å². The van der Waals surface area contributed by atoms with Gasteiger partial charge in [0.15, 0.2) is 0 Å². The van der Waals surface area contributed by atoms with Gasteiger partial charge >= 0.3 is 0 Å². The molecule has 0 spiro atoms. The molecule has 3 nitrogen and oxygen atoms in total. The fourth-order valence-corrected chi connectivity index (χ4v) is 2.75. The van der Waals surface area contributed by atoms with Crippen molar-refractivity contribution in [2.75, 3.05) is 19.6 Å². The van der Waals surface area contributed by atoms with Crippen LogP contribution in [-0.4, -0.2) is 36.5 Å². The third kappa shape index (κ3) is 3.56. The van der Waals surface area contributed by atoms with Crippen LogP contribution in [0.2, 0.25) is 0 Å². The summed E-state index contributed by atoms with van der Waals surface area (Å²) in [5.74, 6) is 0.268. The van der Waals surface area contributed by atoms with Crippen molar-refractivity contribution in [2.24, 2.45) is 0 Å². The molecule has 1 fully saturated rings. The summed E-state index contributed by atoms with van der Waals surface area (Å²) < 4.78 is 1.07. The van der Waals surface area contributed by atoms with E-state index in [1.54, 1.807) is 0 Å². The Labute approximate surface area is 117 Å². The highest BCUT2D eigenvalue weighted by molar-refractivity contribution is 9.10. The highest BCUT2D eigenvalue weighted by Crippen LogP contribution is 2.14. The lowest BCUT2D eigenvalue weighted by molar-refractivity contribution is -0.133. The van der Waals surface area contributed by atoms with Crippen LogP contribution in [-0.2, 0) is 11.2 Å². The second kappa shape index (κ2) is 6.34. The lowest BCUT2D eigenvalue weighted by Gasteiger charge is -2.34. The smallest absolute Gasteiger partial charge is 0.223 e. The van der Waals surface area contributed by atoms with E-state index < -0.39 is 0 Å². The number of piperazine rings is 1. The number of hydrogen-bond acceptors (Lipinski definition) is 2. The number of halogens is 1. The molecule has 0 aliphatic carbocycles. The third-order valence-corrected chi connectivity index (χ3v) is 3.83. The van der Waals surface area contributed by atoms with E-state index in [-0.39, 0.29) is 5.91 Å². The molecule has 0 unspecified atom stereocenters. The molecular weight excluding hydrogens is 292 g/mol. The number of benzene rings is 1. The second-order valence-corrected chi connectivity index (χ2v) is 5.69. The Morgan fingerprint density at radius 1 is 1.56 bits per heavy atom. The largest absolute Gasteiger partial charge is 0.337 e. The van der Waals surface area contributed by atoms with Gasteiger partial charge in [0.05, 0.1) is 0 Å². The summed E-state index contributed by atoms with van der Waals surface area (Å²) in [6, 6.07) is 8.48. The molecule has 0 aromatic heterocycles. The molecule has 0 radical (unpaired) electrons. The van der Waals surface area contributed by atoms with E-state index in [2.05, 4.69) is 40.3 Å². The van der Waals surface area contributed by atoms with Crippen molar-refractivity contribution in [1.29, 1.82) is 0 Å². The van der Waals surface area contributed by atoms with E-state index in [0.717, 1.165) is 30.5 Å². The maximum absolute atomic E-state index is 12.2. The van der Waals surface area contributed by atoms with Crippen LogP contribution in [0.15, 0.2) is 28.7 Å². The molecule has 1 aromatic rings. The normalized spacial score (nSPS) is 19.9. The maximum Gasteiger partial charge on any atom is 0.223 e. The van der Waals surface area contributed by atoms with Crippen molar-refractivity contribution >= 4 is 21.8 Å². The molecule has 2 rings (SSSR count). The third-order valence-electron chi connectivity index (χ3n) is 3.34. The molecule has 0 bridgehead atoms. The molecule has 1 N–H and O–H groups in total. The van der Waals surface area contributed by atoms with Gasteiger partial charge in [-0.05, 0) is 31.0 Å². The van der Waals surface area contributed by atoms with Gasteiger partial charge in [0, 0.05) is 36.6 Å². The van der Waals surface area contributed by atoms with Crippen LogP contribution in [0.25, 0.3) is 0 Å². The van der Waals surface area contributed by atoms with Gasteiger partial charge in [-0.25, -0.2) is 0 Å². The van der Waals surface area contributed by atoms with Crippen LogP contribution in [0.1, 0.15) is 18.9 Å². The first kappa shape index (κ1) is 13.6. The maximum atomic E-state index is 12.2. The topological polar surface area (TPSA) is 32.3 Å².